The summed E-state index contributed by atoms with van der Waals surface area (Å²) in [5.41, 5.74) is 1.85. The first kappa shape index (κ1) is 13.1. The third kappa shape index (κ3) is 2.74. The van der Waals surface area contributed by atoms with Gasteiger partial charge in [0, 0.05) is 11.2 Å². The molecule has 0 saturated heterocycles. The molecule has 2 N–H and O–H groups in total. The fourth-order valence-electron chi connectivity index (χ4n) is 1.49. The van der Waals surface area contributed by atoms with Crippen LogP contribution in [0.3, 0.4) is 0 Å². The Balaban J connectivity index is 2.28. The van der Waals surface area contributed by atoms with Crippen LogP contribution in [0.5, 0.6) is 0 Å². The van der Waals surface area contributed by atoms with Crippen molar-refractivity contribution in [3.05, 3.63) is 58.6 Å². The summed E-state index contributed by atoms with van der Waals surface area (Å²) >= 11 is 5.68. The molecule has 5 nitrogen and oxygen atoms in total. The normalized spacial score (nSPS) is 10.2. The van der Waals surface area contributed by atoms with Crippen LogP contribution in [-0.4, -0.2) is 21.7 Å². The Bertz CT molecular complexity index is 654. The quantitative estimate of drug-likeness (QED) is 0.908. The molecule has 98 valence electrons. The van der Waals surface area contributed by atoms with Crippen molar-refractivity contribution in [3.63, 3.8) is 0 Å². The van der Waals surface area contributed by atoms with Crippen LogP contribution < -0.4 is 5.43 Å². The number of nitrogens with zero attached hydrogens (tertiary/aromatic N) is 1. The zero-order chi connectivity index (χ0) is 14.0. The third-order valence-corrected chi connectivity index (χ3v) is 2.60. The van der Waals surface area contributed by atoms with Gasteiger partial charge in [-0.3, -0.25) is 14.9 Å². The van der Waals surface area contributed by atoms with E-state index in [1.54, 1.807) is 0 Å². The molecule has 0 saturated carbocycles. The fraction of sp³-hybridized carbons (Fsp3) is 0. The highest BCUT2D eigenvalue weighted by molar-refractivity contribution is 6.31. The summed E-state index contributed by atoms with van der Waals surface area (Å²) in [6.07, 6.45) is 1.34. The molecule has 7 heteroatoms. The molecule has 0 aliphatic carbocycles. The van der Waals surface area contributed by atoms with Gasteiger partial charge in [-0.2, -0.15) is 0 Å². The lowest BCUT2D eigenvalue weighted by Crippen LogP contribution is -2.26. The number of hydrogen-bond donors (Lipinski definition) is 2. The van der Waals surface area contributed by atoms with Crippen LogP contribution in [0.15, 0.2) is 36.5 Å². The Morgan fingerprint density at radius 2 is 2.05 bits per heavy atom. The van der Waals surface area contributed by atoms with Gasteiger partial charge in [0.25, 0.3) is 5.91 Å². The van der Waals surface area contributed by atoms with Crippen LogP contribution >= 0.6 is 11.6 Å². The van der Waals surface area contributed by atoms with Crippen molar-refractivity contribution >= 4 is 23.5 Å². The summed E-state index contributed by atoms with van der Waals surface area (Å²) in [5, 5.41) is 9.08. The molecule has 1 aromatic heterocycles. The second kappa shape index (κ2) is 5.11. The summed E-state index contributed by atoms with van der Waals surface area (Å²) in [7, 11) is 0. The van der Waals surface area contributed by atoms with Crippen molar-refractivity contribution in [1.82, 2.24) is 4.68 Å². The topological polar surface area (TPSA) is 71.3 Å². The molecule has 0 atom stereocenters. The highest BCUT2D eigenvalue weighted by Gasteiger charge is 2.15. The summed E-state index contributed by atoms with van der Waals surface area (Å²) < 4.78 is 14.5. The van der Waals surface area contributed by atoms with Crippen LogP contribution in [0.1, 0.15) is 20.8 Å². The number of carboxylic acids is 1. The van der Waals surface area contributed by atoms with Crippen LogP contribution in [0.4, 0.5) is 4.39 Å². The van der Waals surface area contributed by atoms with E-state index in [9.17, 15) is 14.0 Å². The summed E-state index contributed by atoms with van der Waals surface area (Å²) in [5.74, 6) is -2.75. The second-order valence-electron chi connectivity index (χ2n) is 3.63. The molecule has 1 aromatic carbocycles. The average Bonchev–Trinajstić information content (AvgIpc) is 2.80. The second-order valence-corrected chi connectivity index (χ2v) is 4.07. The van der Waals surface area contributed by atoms with Crippen molar-refractivity contribution in [2.24, 2.45) is 0 Å². The number of rotatable bonds is 3. The van der Waals surface area contributed by atoms with Gasteiger partial charge in [-0.1, -0.05) is 11.6 Å². The summed E-state index contributed by atoms with van der Waals surface area (Å²) in [6, 6.07) is 6.28. The largest absolute Gasteiger partial charge is 0.477 e. The van der Waals surface area contributed by atoms with Crippen molar-refractivity contribution in [2.75, 3.05) is 5.43 Å². The van der Waals surface area contributed by atoms with E-state index in [4.69, 9.17) is 16.7 Å². The molecule has 19 heavy (non-hydrogen) atoms. The molecule has 0 aliphatic rings. The number of carbonyl (C=O) groups is 2. The van der Waals surface area contributed by atoms with Gasteiger partial charge in [0.05, 0.1) is 5.56 Å². The van der Waals surface area contributed by atoms with Crippen molar-refractivity contribution in [1.29, 1.82) is 0 Å². The third-order valence-electron chi connectivity index (χ3n) is 2.36. The lowest BCUT2D eigenvalue weighted by molar-refractivity contribution is 0.0687. The predicted octanol–water partition coefficient (Wildman–Crippen LogP) is 2.36. The van der Waals surface area contributed by atoms with Crippen LogP contribution in [0.2, 0.25) is 5.02 Å². The van der Waals surface area contributed by atoms with Gasteiger partial charge < -0.3 is 5.11 Å². The first-order valence-corrected chi connectivity index (χ1v) is 5.54. The highest BCUT2D eigenvalue weighted by Crippen LogP contribution is 2.15. The summed E-state index contributed by atoms with van der Waals surface area (Å²) in [4.78, 5) is 22.7. The van der Waals surface area contributed by atoms with Gasteiger partial charge >= 0.3 is 5.97 Å². The molecule has 2 aromatic rings. The number of carbonyl (C=O) groups excluding carboxylic acids is 1. The minimum absolute atomic E-state index is 0.143. The highest BCUT2D eigenvalue weighted by atomic mass is 35.5. The maximum absolute atomic E-state index is 13.5. The molecule has 1 amide bonds. The predicted molar refractivity (Wildman–Crippen MR) is 66.5 cm³/mol. The molecular formula is C12H8ClFN2O3. The van der Waals surface area contributed by atoms with E-state index in [0.29, 0.717) is 0 Å². The van der Waals surface area contributed by atoms with Gasteiger partial charge in [-0.25, -0.2) is 9.18 Å². The number of aromatic carboxylic acids is 1. The zero-order valence-electron chi connectivity index (χ0n) is 9.43. The van der Waals surface area contributed by atoms with E-state index in [0.717, 1.165) is 16.8 Å². The van der Waals surface area contributed by atoms with Gasteiger partial charge in [0.2, 0.25) is 0 Å². The molecule has 2 rings (SSSR count). The number of aromatic nitrogens is 1. The first-order valence-electron chi connectivity index (χ1n) is 5.16. The van der Waals surface area contributed by atoms with E-state index in [1.165, 1.54) is 24.4 Å². The van der Waals surface area contributed by atoms with Crippen LogP contribution in [0, 0.1) is 5.82 Å². The molecule has 0 spiro atoms. The lowest BCUT2D eigenvalue weighted by Gasteiger charge is -2.09. The Kier molecular flexibility index (Phi) is 3.52. The van der Waals surface area contributed by atoms with Gasteiger partial charge in [0.15, 0.2) is 0 Å². The molecular weight excluding hydrogens is 275 g/mol. The first-order chi connectivity index (χ1) is 8.99. The standard InChI is InChI=1S/C12H8ClFN2O3/c13-7-3-4-9(14)8(6-7)11(17)15-16-5-1-2-10(16)12(18)19/h1-6H,(H,15,17)(H,18,19). The average molecular weight is 283 g/mol. The monoisotopic (exact) mass is 282 g/mol. The summed E-state index contributed by atoms with van der Waals surface area (Å²) in [6.45, 7) is 0. The Morgan fingerprint density at radius 3 is 2.74 bits per heavy atom. The van der Waals surface area contributed by atoms with E-state index in [1.807, 2.05) is 0 Å². The number of nitrogens with one attached hydrogen (secondary N) is 1. The van der Waals surface area contributed by atoms with Crippen molar-refractivity contribution < 1.29 is 19.1 Å². The number of amides is 1. The smallest absolute Gasteiger partial charge is 0.354 e. The molecule has 0 unspecified atom stereocenters. The van der Waals surface area contributed by atoms with Gasteiger partial charge in [0.1, 0.15) is 11.5 Å². The van der Waals surface area contributed by atoms with Gasteiger partial charge in [-0.05, 0) is 30.3 Å². The van der Waals surface area contributed by atoms with E-state index < -0.39 is 17.7 Å². The van der Waals surface area contributed by atoms with Crippen molar-refractivity contribution in [3.8, 4) is 0 Å². The Hall–Kier alpha value is -2.34. The van der Waals surface area contributed by atoms with Gasteiger partial charge in [-0.15, -0.1) is 0 Å². The maximum atomic E-state index is 13.5. The van der Waals surface area contributed by atoms with Crippen molar-refractivity contribution in [2.45, 2.75) is 0 Å². The van der Waals surface area contributed by atoms with E-state index in [2.05, 4.69) is 5.43 Å². The minimum atomic E-state index is -1.21. The number of hydrogen-bond acceptors (Lipinski definition) is 2. The number of benzene rings is 1. The Morgan fingerprint density at radius 1 is 1.32 bits per heavy atom. The van der Waals surface area contributed by atoms with Crippen LogP contribution in [-0.2, 0) is 0 Å². The SMILES string of the molecule is O=C(Nn1cccc1C(=O)O)c1cc(Cl)ccc1F. The molecule has 0 radical (unpaired) electrons. The molecule has 1 heterocycles. The lowest BCUT2D eigenvalue weighted by atomic mass is 10.2. The van der Waals surface area contributed by atoms with Crippen LogP contribution in [0.25, 0.3) is 0 Å². The zero-order valence-corrected chi connectivity index (χ0v) is 10.2. The molecule has 0 fully saturated rings. The van der Waals surface area contributed by atoms with E-state index >= 15 is 0 Å². The minimum Gasteiger partial charge on any atom is -0.477 e. The molecule has 0 aliphatic heterocycles. The maximum Gasteiger partial charge on any atom is 0.354 e. The Labute approximate surface area is 112 Å². The number of halogens is 2. The fourth-order valence-corrected chi connectivity index (χ4v) is 1.67. The number of carboxylic acid groups (broad SMARTS) is 1. The molecule has 0 bridgehead atoms. The van der Waals surface area contributed by atoms with E-state index in [-0.39, 0.29) is 16.3 Å².